The van der Waals surface area contributed by atoms with Crippen molar-refractivity contribution in [2.24, 2.45) is 5.14 Å². The predicted molar refractivity (Wildman–Crippen MR) is 104 cm³/mol. The van der Waals surface area contributed by atoms with Gasteiger partial charge in [-0.15, -0.1) is 0 Å². The molecule has 1 atom stereocenters. The fourth-order valence-electron chi connectivity index (χ4n) is 2.25. The van der Waals surface area contributed by atoms with Gasteiger partial charge in [0.2, 0.25) is 10.0 Å². The van der Waals surface area contributed by atoms with E-state index in [0.29, 0.717) is 5.75 Å². The summed E-state index contributed by atoms with van der Waals surface area (Å²) in [5.41, 5.74) is -0.206. The number of ether oxygens (including phenoxy) is 2. The summed E-state index contributed by atoms with van der Waals surface area (Å²) in [6, 6.07) is 9.47. The molecule has 30 heavy (non-hydrogen) atoms. The first-order chi connectivity index (χ1) is 14.1. The van der Waals surface area contributed by atoms with Crippen molar-refractivity contribution in [3.05, 3.63) is 64.2 Å². The highest BCUT2D eigenvalue weighted by Crippen LogP contribution is 2.15. The van der Waals surface area contributed by atoms with E-state index in [-0.39, 0.29) is 29.4 Å². The number of carbonyl (C=O) groups is 2. The highest BCUT2D eigenvalue weighted by Gasteiger charge is 2.19. The number of non-ortho nitro benzene ring substituents is 1. The Labute approximate surface area is 172 Å². The molecular formula is C18H19N3O8S. The molecule has 0 heterocycles. The Balaban J connectivity index is 1.78. The number of primary sulfonamides is 1. The summed E-state index contributed by atoms with van der Waals surface area (Å²) in [4.78, 5) is 34.2. The van der Waals surface area contributed by atoms with Gasteiger partial charge in [0.05, 0.1) is 9.82 Å². The number of benzene rings is 2. The smallest absolute Gasteiger partial charge is 0.328 e. The maximum atomic E-state index is 12.1. The molecular weight excluding hydrogens is 418 g/mol. The number of nitrogens with two attached hydrogens (primary N) is 1. The maximum absolute atomic E-state index is 12.1. The maximum Gasteiger partial charge on any atom is 0.328 e. The molecule has 0 fully saturated rings. The number of rotatable bonds is 9. The summed E-state index contributed by atoms with van der Waals surface area (Å²) < 4.78 is 32.7. The third-order valence-electron chi connectivity index (χ3n) is 3.77. The van der Waals surface area contributed by atoms with Crippen LogP contribution in [0, 0.1) is 10.1 Å². The van der Waals surface area contributed by atoms with E-state index in [9.17, 15) is 28.1 Å². The Kier molecular flexibility index (Phi) is 7.44. The fraction of sp³-hybridized carbons (Fsp3) is 0.222. The third kappa shape index (κ3) is 6.53. The zero-order valence-electron chi connectivity index (χ0n) is 15.8. The van der Waals surface area contributed by atoms with Gasteiger partial charge in [0.25, 0.3) is 11.6 Å². The standard InChI is InChI=1S/C18H19N3O8S/c1-12(20-17(22)13-3-2-4-14(11-13)21(24)25)18(23)29-10-9-28-15-5-7-16(8-6-15)30(19,26)27/h2-8,11-12H,9-10H2,1H3,(H,20,22)(H2,19,26,27)/t12-/m0/s1. The molecule has 0 saturated heterocycles. The number of hydrogen-bond acceptors (Lipinski definition) is 8. The SMILES string of the molecule is C[C@H](NC(=O)c1cccc([N+](=O)[O-])c1)C(=O)OCCOc1ccc(S(N)(=O)=O)cc1. The zero-order chi connectivity index (χ0) is 22.3. The molecule has 0 aliphatic rings. The minimum absolute atomic E-state index is 0.00793. The van der Waals surface area contributed by atoms with Gasteiger partial charge in [0.15, 0.2) is 0 Å². The van der Waals surface area contributed by atoms with E-state index in [2.05, 4.69) is 5.32 Å². The summed E-state index contributed by atoms with van der Waals surface area (Å²) >= 11 is 0. The molecule has 0 unspecified atom stereocenters. The molecule has 0 aliphatic heterocycles. The van der Waals surface area contributed by atoms with Gasteiger partial charge in [0, 0.05) is 17.7 Å². The molecule has 0 radical (unpaired) electrons. The summed E-state index contributed by atoms with van der Waals surface area (Å²) in [5, 5.41) is 18.2. The Hall–Kier alpha value is -3.51. The second kappa shape index (κ2) is 9.80. The number of nitro benzene ring substituents is 1. The first-order valence-corrected chi connectivity index (χ1v) is 10.1. The zero-order valence-corrected chi connectivity index (χ0v) is 16.6. The summed E-state index contributed by atoms with van der Waals surface area (Å²) in [6.45, 7) is 1.28. The van der Waals surface area contributed by atoms with Gasteiger partial charge in [-0.25, -0.2) is 18.4 Å². The van der Waals surface area contributed by atoms with Crippen molar-refractivity contribution < 1.29 is 32.4 Å². The average Bonchev–Trinajstić information content (AvgIpc) is 2.70. The summed E-state index contributed by atoms with van der Waals surface area (Å²) in [5.74, 6) is -1.03. The Bertz CT molecular complexity index is 1040. The molecule has 0 spiro atoms. The van der Waals surface area contributed by atoms with E-state index >= 15 is 0 Å². The van der Waals surface area contributed by atoms with Crippen LogP contribution in [-0.4, -0.2) is 44.5 Å². The number of nitrogens with one attached hydrogen (secondary N) is 1. The number of amides is 1. The van der Waals surface area contributed by atoms with Crippen LogP contribution in [0.4, 0.5) is 5.69 Å². The van der Waals surface area contributed by atoms with Gasteiger partial charge in [0.1, 0.15) is 25.0 Å². The van der Waals surface area contributed by atoms with Crippen molar-refractivity contribution in [2.75, 3.05) is 13.2 Å². The molecule has 12 heteroatoms. The minimum Gasteiger partial charge on any atom is -0.490 e. The van der Waals surface area contributed by atoms with Gasteiger partial charge in [-0.1, -0.05) is 6.07 Å². The van der Waals surface area contributed by atoms with Crippen LogP contribution < -0.4 is 15.2 Å². The first-order valence-electron chi connectivity index (χ1n) is 8.55. The van der Waals surface area contributed by atoms with Gasteiger partial charge in [-0.3, -0.25) is 14.9 Å². The van der Waals surface area contributed by atoms with Gasteiger partial charge < -0.3 is 14.8 Å². The van der Waals surface area contributed by atoms with Crippen molar-refractivity contribution in [2.45, 2.75) is 17.9 Å². The van der Waals surface area contributed by atoms with E-state index < -0.39 is 32.9 Å². The molecule has 2 aromatic carbocycles. The highest BCUT2D eigenvalue weighted by molar-refractivity contribution is 7.89. The van der Waals surface area contributed by atoms with E-state index in [0.717, 1.165) is 6.07 Å². The minimum atomic E-state index is -3.80. The van der Waals surface area contributed by atoms with Gasteiger partial charge in [-0.05, 0) is 37.3 Å². The quantitative estimate of drug-likeness (QED) is 0.253. The first kappa shape index (κ1) is 22.8. The lowest BCUT2D eigenvalue weighted by Gasteiger charge is -2.14. The van der Waals surface area contributed by atoms with Crippen LogP contribution in [0.15, 0.2) is 53.4 Å². The molecule has 1 amide bonds. The number of carbonyl (C=O) groups excluding carboxylic acids is 2. The van der Waals surface area contributed by atoms with Crippen LogP contribution in [0.5, 0.6) is 5.75 Å². The van der Waals surface area contributed by atoms with E-state index in [1.54, 1.807) is 0 Å². The van der Waals surface area contributed by atoms with Crippen LogP contribution in [-0.2, 0) is 19.6 Å². The van der Waals surface area contributed by atoms with Crippen LogP contribution in [0.25, 0.3) is 0 Å². The lowest BCUT2D eigenvalue weighted by Crippen LogP contribution is -2.40. The molecule has 2 aromatic rings. The van der Waals surface area contributed by atoms with Crippen LogP contribution >= 0.6 is 0 Å². The van der Waals surface area contributed by atoms with Crippen molar-refractivity contribution in [1.82, 2.24) is 5.32 Å². The normalized spacial score (nSPS) is 11.9. The van der Waals surface area contributed by atoms with Crippen LogP contribution in [0.2, 0.25) is 0 Å². The van der Waals surface area contributed by atoms with Crippen molar-refractivity contribution in [3.8, 4) is 5.75 Å². The van der Waals surface area contributed by atoms with Crippen LogP contribution in [0.3, 0.4) is 0 Å². The predicted octanol–water partition coefficient (Wildman–Crippen LogP) is 0.983. The lowest BCUT2D eigenvalue weighted by atomic mass is 10.2. The second-order valence-corrected chi connectivity index (χ2v) is 7.60. The monoisotopic (exact) mass is 437 g/mol. The lowest BCUT2D eigenvalue weighted by molar-refractivity contribution is -0.384. The van der Waals surface area contributed by atoms with Gasteiger partial charge in [-0.2, -0.15) is 0 Å². The molecule has 0 bridgehead atoms. The van der Waals surface area contributed by atoms with E-state index in [4.69, 9.17) is 14.6 Å². The molecule has 160 valence electrons. The largest absolute Gasteiger partial charge is 0.490 e. The Morgan fingerprint density at radius 3 is 2.43 bits per heavy atom. The van der Waals surface area contributed by atoms with E-state index in [1.165, 1.54) is 49.4 Å². The summed E-state index contributed by atoms with van der Waals surface area (Å²) in [6.07, 6.45) is 0. The highest BCUT2D eigenvalue weighted by atomic mass is 32.2. The molecule has 11 nitrogen and oxygen atoms in total. The van der Waals surface area contributed by atoms with E-state index in [1.807, 2.05) is 0 Å². The number of nitrogens with zero attached hydrogens (tertiary/aromatic N) is 1. The molecule has 0 aromatic heterocycles. The molecule has 3 N–H and O–H groups in total. The molecule has 2 rings (SSSR count). The third-order valence-corrected chi connectivity index (χ3v) is 4.70. The van der Waals surface area contributed by atoms with Crippen LogP contribution in [0.1, 0.15) is 17.3 Å². The summed E-state index contributed by atoms with van der Waals surface area (Å²) in [7, 11) is -3.80. The Morgan fingerprint density at radius 2 is 1.83 bits per heavy atom. The van der Waals surface area contributed by atoms with Gasteiger partial charge >= 0.3 is 5.97 Å². The number of nitro groups is 1. The fourth-order valence-corrected chi connectivity index (χ4v) is 2.77. The molecule has 0 saturated carbocycles. The number of esters is 1. The van der Waals surface area contributed by atoms with Crippen molar-refractivity contribution in [1.29, 1.82) is 0 Å². The van der Waals surface area contributed by atoms with Crippen molar-refractivity contribution >= 4 is 27.6 Å². The number of hydrogen-bond donors (Lipinski definition) is 2. The Morgan fingerprint density at radius 1 is 1.17 bits per heavy atom. The van der Waals surface area contributed by atoms with Crippen molar-refractivity contribution in [3.63, 3.8) is 0 Å². The topological polar surface area (TPSA) is 168 Å². The second-order valence-electron chi connectivity index (χ2n) is 6.03. The average molecular weight is 437 g/mol. The number of sulfonamides is 1. The molecule has 0 aliphatic carbocycles.